The van der Waals surface area contributed by atoms with Crippen LogP contribution >= 0.6 is 0 Å². The number of para-hydroxylation sites is 1. The average molecular weight is 330 g/mol. The average Bonchev–Trinajstić information content (AvgIpc) is 2.94. The number of hydrogen-bond acceptors (Lipinski definition) is 2. The molecule has 2 aromatic heterocycles. The number of rotatable bonds is 1. The third-order valence-electron chi connectivity index (χ3n) is 4.54. The van der Waals surface area contributed by atoms with Gasteiger partial charge in [-0.15, -0.1) is 0 Å². The van der Waals surface area contributed by atoms with Gasteiger partial charge in [0, 0.05) is 17.1 Å². The zero-order valence-corrected chi connectivity index (χ0v) is 12.5. The van der Waals surface area contributed by atoms with E-state index in [9.17, 15) is 18.0 Å². The normalized spacial score (nSPS) is 18.0. The van der Waals surface area contributed by atoms with Crippen molar-refractivity contribution in [3.8, 4) is 0 Å². The summed E-state index contributed by atoms with van der Waals surface area (Å²) < 4.78 is 37.9. The van der Waals surface area contributed by atoms with Crippen LogP contribution in [-0.4, -0.2) is 15.8 Å². The minimum atomic E-state index is -4.47. The zero-order valence-electron chi connectivity index (χ0n) is 12.5. The Kier molecular flexibility index (Phi) is 3.23. The van der Waals surface area contributed by atoms with Crippen molar-refractivity contribution in [3.05, 3.63) is 65.1 Å². The van der Waals surface area contributed by atoms with Gasteiger partial charge in [-0.2, -0.15) is 13.2 Å². The van der Waals surface area contributed by atoms with Crippen molar-refractivity contribution in [2.75, 3.05) is 0 Å². The summed E-state index contributed by atoms with van der Waals surface area (Å²) in [5, 5.41) is 1.03. The molecule has 0 radical (unpaired) electrons. The molecule has 1 aliphatic rings. The van der Waals surface area contributed by atoms with Crippen LogP contribution in [0, 0.1) is 0 Å². The predicted octanol–water partition coefficient (Wildman–Crippen LogP) is 4.49. The van der Waals surface area contributed by atoms with E-state index in [4.69, 9.17) is 0 Å². The minimum absolute atomic E-state index is 0.0889. The first-order valence-corrected chi connectivity index (χ1v) is 7.62. The maximum Gasteiger partial charge on any atom is 0.433 e. The largest absolute Gasteiger partial charge is 0.433 e. The molecule has 3 nitrogen and oxygen atoms in total. The van der Waals surface area contributed by atoms with Crippen LogP contribution < -0.4 is 0 Å². The molecule has 0 bridgehead atoms. The van der Waals surface area contributed by atoms with Crippen molar-refractivity contribution in [1.82, 2.24) is 9.97 Å². The number of pyridine rings is 1. The standard InChI is InChI=1S/C18H13F3N2O/c19-18(20,21)15-8-5-10(9-22-15)11-6-7-13-12-3-1-2-4-14(12)23-16(13)17(11)24/h1-5,8-9,11,23H,6-7H2. The van der Waals surface area contributed by atoms with Crippen LogP contribution in [0.25, 0.3) is 10.9 Å². The Labute approximate surface area is 135 Å². The number of alkyl halides is 3. The monoisotopic (exact) mass is 330 g/mol. The van der Waals surface area contributed by atoms with Crippen molar-refractivity contribution in [3.63, 3.8) is 0 Å². The number of Topliss-reactive ketones (excluding diaryl/α,β-unsaturated/α-hetero) is 1. The van der Waals surface area contributed by atoms with E-state index < -0.39 is 17.8 Å². The fourth-order valence-electron chi connectivity index (χ4n) is 3.36. The highest BCUT2D eigenvalue weighted by Gasteiger charge is 2.34. The fourth-order valence-corrected chi connectivity index (χ4v) is 3.36. The molecule has 1 aromatic carbocycles. The molecule has 3 aromatic rings. The highest BCUT2D eigenvalue weighted by atomic mass is 19.4. The Morgan fingerprint density at radius 2 is 1.92 bits per heavy atom. The summed E-state index contributed by atoms with van der Waals surface area (Å²) in [5.74, 6) is -0.547. The first-order valence-electron chi connectivity index (χ1n) is 7.62. The maximum absolute atomic E-state index is 12.8. The number of aryl methyl sites for hydroxylation is 1. The van der Waals surface area contributed by atoms with Crippen LogP contribution in [0.5, 0.6) is 0 Å². The molecule has 0 aliphatic heterocycles. The number of H-pyrrole nitrogens is 1. The van der Waals surface area contributed by atoms with E-state index in [-0.39, 0.29) is 5.78 Å². The quantitative estimate of drug-likeness (QED) is 0.714. The topological polar surface area (TPSA) is 45.8 Å². The smallest absolute Gasteiger partial charge is 0.352 e. The van der Waals surface area contributed by atoms with E-state index in [2.05, 4.69) is 9.97 Å². The highest BCUT2D eigenvalue weighted by molar-refractivity contribution is 6.06. The lowest BCUT2D eigenvalue weighted by Gasteiger charge is -2.21. The summed E-state index contributed by atoms with van der Waals surface area (Å²) in [6.45, 7) is 0. The summed E-state index contributed by atoms with van der Waals surface area (Å²) in [6.07, 6.45) is -2.03. The molecule has 0 saturated heterocycles. The Morgan fingerprint density at radius 1 is 1.12 bits per heavy atom. The number of ketones is 1. The molecule has 0 fully saturated rings. The van der Waals surface area contributed by atoms with Gasteiger partial charge in [-0.25, -0.2) is 0 Å². The summed E-state index contributed by atoms with van der Waals surface area (Å²) in [4.78, 5) is 19.4. The lowest BCUT2D eigenvalue weighted by molar-refractivity contribution is -0.141. The van der Waals surface area contributed by atoms with E-state index in [1.807, 2.05) is 24.3 Å². The van der Waals surface area contributed by atoms with Crippen molar-refractivity contribution in [2.45, 2.75) is 24.9 Å². The Balaban J connectivity index is 1.70. The van der Waals surface area contributed by atoms with E-state index in [1.165, 1.54) is 12.3 Å². The Bertz CT molecular complexity index is 926. The van der Waals surface area contributed by atoms with Gasteiger partial charge in [0.15, 0.2) is 5.78 Å². The van der Waals surface area contributed by atoms with Crippen LogP contribution in [0.15, 0.2) is 42.6 Å². The Hall–Kier alpha value is -2.63. The summed E-state index contributed by atoms with van der Waals surface area (Å²) in [6, 6.07) is 9.99. The minimum Gasteiger partial charge on any atom is -0.352 e. The summed E-state index contributed by atoms with van der Waals surface area (Å²) in [5.41, 5.74) is 2.04. The van der Waals surface area contributed by atoms with E-state index >= 15 is 0 Å². The van der Waals surface area contributed by atoms with Gasteiger partial charge in [0.25, 0.3) is 0 Å². The maximum atomic E-state index is 12.8. The SMILES string of the molecule is O=C1c2[nH]c3ccccc3c2CCC1c1ccc(C(F)(F)F)nc1. The van der Waals surface area contributed by atoms with E-state index in [0.717, 1.165) is 22.5 Å². The first-order chi connectivity index (χ1) is 11.4. The molecule has 4 rings (SSSR count). The van der Waals surface area contributed by atoms with Gasteiger partial charge in [0.05, 0.1) is 11.6 Å². The number of carbonyl (C=O) groups is 1. The second kappa shape index (κ2) is 5.19. The number of nitrogens with one attached hydrogen (secondary N) is 1. The molecule has 2 heterocycles. The van der Waals surface area contributed by atoms with E-state index in [1.54, 1.807) is 0 Å². The van der Waals surface area contributed by atoms with Crippen molar-refractivity contribution < 1.29 is 18.0 Å². The van der Waals surface area contributed by atoms with Crippen molar-refractivity contribution in [1.29, 1.82) is 0 Å². The summed E-state index contributed by atoms with van der Waals surface area (Å²) >= 11 is 0. The molecule has 1 N–H and O–H groups in total. The lowest BCUT2D eigenvalue weighted by atomic mass is 9.82. The number of nitrogens with zero attached hydrogens (tertiary/aromatic N) is 1. The van der Waals surface area contributed by atoms with Gasteiger partial charge in [0.2, 0.25) is 0 Å². The van der Waals surface area contributed by atoms with Gasteiger partial charge in [-0.3, -0.25) is 9.78 Å². The molecule has 6 heteroatoms. The number of carbonyl (C=O) groups excluding carboxylic acids is 1. The third kappa shape index (κ3) is 2.29. The number of benzene rings is 1. The van der Waals surface area contributed by atoms with E-state index in [0.29, 0.717) is 24.1 Å². The molecule has 24 heavy (non-hydrogen) atoms. The van der Waals surface area contributed by atoms with Gasteiger partial charge in [-0.1, -0.05) is 24.3 Å². The van der Waals surface area contributed by atoms with Crippen LogP contribution in [0.1, 0.15) is 39.6 Å². The molecule has 1 atom stereocenters. The molecule has 0 saturated carbocycles. The number of aromatic amines is 1. The van der Waals surface area contributed by atoms with Gasteiger partial charge < -0.3 is 4.98 Å². The zero-order chi connectivity index (χ0) is 16.9. The molecule has 0 amide bonds. The predicted molar refractivity (Wildman–Crippen MR) is 82.9 cm³/mol. The van der Waals surface area contributed by atoms with Crippen LogP contribution in [0.4, 0.5) is 13.2 Å². The molecular formula is C18H13F3N2O. The van der Waals surface area contributed by atoms with Crippen LogP contribution in [0.3, 0.4) is 0 Å². The lowest BCUT2D eigenvalue weighted by Crippen LogP contribution is -2.21. The van der Waals surface area contributed by atoms with Gasteiger partial charge >= 0.3 is 6.18 Å². The third-order valence-corrected chi connectivity index (χ3v) is 4.54. The van der Waals surface area contributed by atoms with Gasteiger partial charge in [-0.05, 0) is 36.1 Å². The van der Waals surface area contributed by atoms with Gasteiger partial charge in [0.1, 0.15) is 5.69 Å². The second-order valence-corrected chi connectivity index (χ2v) is 5.95. The van der Waals surface area contributed by atoms with Crippen molar-refractivity contribution in [2.24, 2.45) is 0 Å². The molecular weight excluding hydrogens is 317 g/mol. The molecule has 1 unspecified atom stereocenters. The van der Waals surface area contributed by atoms with Crippen molar-refractivity contribution >= 4 is 16.7 Å². The molecule has 122 valence electrons. The highest BCUT2D eigenvalue weighted by Crippen LogP contribution is 2.36. The first kappa shape index (κ1) is 14.9. The number of hydrogen-bond donors (Lipinski definition) is 1. The Morgan fingerprint density at radius 3 is 2.62 bits per heavy atom. The van der Waals surface area contributed by atoms with Crippen LogP contribution in [0.2, 0.25) is 0 Å². The number of aromatic nitrogens is 2. The number of fused-ring (bicyclic) bond motifs is 3. The number of halogens is 3. The molecule has 1 aliphatic carbocycles. The summed E-state index contributed by atoms with van der Waals surface area (Å²) in [7, 11) is 0. The second-order valence-electron chi connectivity index (χ2n) is 5.95. The molecule has 0 spiro atoms. The van der Waals surface area contributed by atoms with Crippen LogP contribution in [-0.2, 0) is 12.6 Å². The fraction of sp³-hybridized carbons (Fsp3) is 0.222.